The second kappa shape index (κ2) is 5.87. The number of aliphatic carboxylic acids is 1. The summed E-state index contributed by atoms with van der Waals surface area (Å²) in [7, 11) is 1.83. The summed E-state index contributed by atoms with van der Waals surface area (Å²) in [6, 6.07) is 5.76. The zero-order valence-electron chi connectivity index (χ0n) is 10.6. The molecule has 0 fully saturated rings. The number of ether oxygens (including phenoxy) is 1. The van der Waals surface area contributed by atoms with Crippen molar-refractivity contribution in [2.75, 3.05) is 20.2 Å². The second-order valence-corrected chi connectivity index (χ2v) is 4.60. The number of hydrogen-bond acceptors (Lipinski definition) is 3. The van der Waals surface area contributed by atoms with Gasteiger partial charge >= 0.3 is 5.97 Å². The van der Waals surface area contributed by atoms with Crippen LogP contribution in [0.3, 0.4) is 0 Å². The molecule has 1 heterocycles. The fourth-order valence-electron chi connectivity index (χ4n) is 2.32. The Morgan fingerprint density at radius 2 is 2.39 bits per heavy atom. The Balaban J connectivity index is 2.22. The summed E-state index contributed by atoms with van der Waals surface area (Å²) in [5, 5.41) is 12.3. The van der Waals surface area contributed by atoms with Crippen LogP contribution >= 0.6 is 0 Å². The van der Waals surface area contributed by atoms with E-state index in [1.807, 2.05) is 25.2 Å². The van der Waals surface area contributed by atoms with Gasteiger partial charge in [-0.1, -0.05) is 12.1 Å². The summed E-state index contributed by atoms with van der Waals surface area (Å²) in [6.45, 7) is 1.46. The van der Waals surface area contributed by atoms with Crippen LogP contribution in [0, 0.1) is 0 Å². The summed E-state index contributed by atoms with van der Waals surface area (Å²) in [5.74, 6) is -0.297. The Bertz CT molecular complexity index is 431. The molecule has 0 spiro atoms. The van der Waals surface area contributed by atoms with E-state index in [4.69, 9.17) is 4.74 Å². The van der Waals surface area contributed by atoms with Crippen molar-refractivity contribution in [3.63, 3.8) is 0 Å². The second-order valence-electron chi connectivity index (χ2n) is 4.60. The minimum Gasteiger partial charge on any atom is -0.493 e. The quantitative estimate of drug-likeness (QED) is 0.835. The smallest absolute Gasteiger partial charge is 0.311 e. The highest BCUT2D eigenvalue weighted by molar-refractivity contribution is 5.76. The molecule has 0 aromatic heterocycles. The van der Waals surface area contributed by atoms with Gasteiger partial charge in [0, 0.05) is 0 Å². The minimum absolute atomic E-state index is 0.440. The largest absolute Gasteiger partial charge is 0.493 e. The first-order valence-corrected chi connectivity index (χ1v) is 6.35. The molecule has 1 aliphatic rings. The van der Waals surface area contributed by atoms with Gasteiger partial charge in [-0.05, 0) is 50.0 Å². The maximum absolute atomic E-state index is 11.3. The highest BCUT2D eigenvalue weighted by atomic mass is 16.5. The van der Waals surface area contributed by atoms with Crippen molar-refractivity contribution in [2.24, 2.45) is 0 Å². The Kier molecular flexibility index (Phi) is 4.20. The number of fused-ring (bicyclic) bond motifs is 1. The third-order valence-electron chi connectivity index (χ3n) is 3.32. The Hall–Kier alpha value is -1.55. The van der Waals surface area contributed by atoms with E-state index in [1.165, 1.54) is 0 Å². The number of carboxylic acids is 1. The predicted molar refractivity (Wildman–Crippen MR) is 69.2 cm³/mol. The van der Waals surface area contributed by atoms with Crippen LogP contribution in [0.1, 0.15) is 29.9 Å². The molecule has 1 aliphatic heterocycles. The molecule has 2 N–H and O–H groups in total. The average molecular weight is 249 g/mol. The van der Waals surface area contributed by atoms with Crippen molar-refractivity contribution in [1.29, 1.82) is 0 Å². The molecule has 18 heavy (non-hydrogen) atoms. The first-order chi connectivity index (χ1) is 8.72. The van der Waals surface area contributed by atoms with Crippen LogP contribution < -0.4 is 10.1 Å². The molecule has 1 atom stereocenters. The standard InChI is InChI=1S/C14H19NO3/c1-15-7-6-12(14(16)17)10-4-5-13-11(9-10)3-2-8-18-13/h4-5,9,12,15H,2-3,6-8H2,1H3,(H,16,17). The van der Waals surface area contributed by atoms with Crippen LogP contribution in [0.15, 0.2) is 18.2 Å². The Morgan fingerprint density at radius 3 is 3.11 bits per heavy atom. The van der Waals surface area contributed by atoms with Gasteiger partial charge in [-0.2, -0.15) is 0 Å². The van der Waals surface area contributed by atoms with Gasteiger partial charge in [-0.3, -0.25) is 4.79 Å². The van der Waals surface area contributed by atoms with E-state index in [1.54, 1.807) is 0 Å². The fourth-order valence-corrected chi connectivity index (χ4v) is 2.32. The molecule has 0 saturated heterocycles. The van der Waals surface area contributed by atoms with Crippen LogP contribution in [-0.2, 0) is 11.2 Å². The van der Waals surface area contributed by atoms with Gasteiger partial charge in [0.2, 0.25) is 0 Å². The maximum atomic E-state index is 11.3. The van der Waals surface area contributed by atoms with Gasteiger partial charge < -0.3 is 15.2 Å². The minimum atomic E-state index is -0.762. The summed E-state index contributed by atoms with van der Waals surface area (Å²) in [6.07, 6.45) is 2.58. The van der Waals surface area contributed by atoms with E-state index < -0.39 is 11.9 Å². The van der Waals surface area contributed by atoms with E-state index in [-0.39, 0.29) is 0 Å². The van der Waals surface area contributed by atoms with Crippen LogP contribution in [0.2, 0.25) is 0 Å². The van der Waals surface area contributed by atoms with Crippen LogP contribution in [0.4, 0.5) is 0 Å². The molecular weight excluding hydrogens is 230 g/mol. The summed E-state index contributed by atoms with van der Waals surface area (Å²) >= 11 is 0. The number of carboxylic acid groups (broad SMARTS) is 1. The van der Waals surface area contributed by atoms with Crippen molar-refractivity contribution in [3.8, 4) is 5.75 Å². The Labute approximate surface area is 107 Å². The number of aryl methyl sites for hydroxylation is 1. The molecule has 0 radical (unpaired) electrons. The molecule has 1 aromatic carbocycles. The monoisotopic (exact) mass is 249 g/mol. The van der Waals surface area contributed by atoms with E-state index in [0.717, 1.165) is 36.3 Å². The van der Waals surface area contributed by atoms with Crippen LogP contribution in [-0.4, -0.2) is 31.3 Å². The van der Waals surface area contributed by atoms with Crippen molar-refractivity contribution < 1.29 is 14.6 Å². The Morgan fingerprint density at radius 1 is 1.56 bits per heavy atom. The van der Waals surface area contributed by atoms with E-state index in [0.29, 0.717) is 13.0 Å². The zero-order valence-corrected chi connectivity index (χ0v) is 10.6. The summed E-state index contributed by atoms with van der Waals surface area (Å²) in [5.41, 5.74) is 2.01. The zero-order chi connectivity index (χ0) is 13.0. The van der Waals surface area contributed by atoms with Gasteiger partial charge in [0.1, 0.15) is 5.75 Å². The molecule has 0 amide bonds. The van der Waals surface area contributed by atoms with Crippen molar-refractivity contribution >= 4 is 5.97 Å². The highest BCUT2D eigenvalue weighted by Crippen LogP contribution is 2.29. The lowest BCUT2D eigenvalue weighted by molar-refractivity contribution is -0.138. The summed E-state index contributed by atoms with van der Waals surface area (Å²) in [4.78, 5) is 11.3. The fraction of sp³-hybridized carbons (Fsp3) is 0.500. The van der Waals surface area contributed by atoms with Crippen molar-refractivity contribution in [2.45, 2.75) is 25.2 Å². The van der Waals surface area contributed by atoms with Crippen molar-refractivity contribution in [1.82, 2.24) is 5.32 Å². The van der Waals surface area contributed by atoms with Gasteiger partial charge in [0.25, 0.3) is 0 Å². The number of hydrogen-bond donors (Lipinski definition) is 2. The van der Waals surface area contributed by atoms with E-state index >= 15 is 0 Å². The number of rotatable bonds is 5. The van der Waals surface area contributed by atoms with Gasteiger partial charge in [0.05, 0.1) is 12.5 Å². The van der Waals surface area contributed by atoms with Crippen molar-refractivity contribution in [3.05, 3.63) is 29.3 Å². The SMILES string of the molecule is CNCCC(C(=O)O)c1ccc2c(c1)CCCO2. The van der Waals surface area contributed by atoms with Gasteiger partial charge in [-0.25, -0.2) is 0 Å². The third-order valence-corrected chi connectivity index (χ3v) is 3.32. The lowest BCUT2D eigenvalue weighted by Gasteiger charge is -2.20. The highest BCUT2D eigenvalue weighted by Gasteiger charge is 2.21. The van der Waals surface area contributed by atoms with Gasteiger partial charge in [0.15, 0.2) is 0 Å². The molecule has 1 aromatic rings. The van der Waals surface area contributed by atoms with Gasteiger partial charge in [-0.15, -0.1) is 0 Å². The average Bonchev–Trinajstić information content (AvgIpc) is 2.38. The van der Waals surface area contributed by atoms with E-state index in [9.17, 15) is 9.90 Å². The number of carbonyl (C=O) groups is 1. The first kappa shape index (κ1) is 12.9. The molecule has 4 heteroatoms. The molecule has 1 unspecified atom stereocenters. The predicted octanol–water partition coefficient (Wildman–Crippen LogP) is 1.79. The van der Waals surface area contributed by atoms with E-state index in [2.05, 4.69) is 5.32 Å². The maximum Gasteiger partial charge on any atom is 0.311 e. The van der Waals surface area contributed by atoms with Crippen LogP contribution in [0.5, 0.6) is 5.75 Å². The van der Waals surface area contributed by atoms with Crippen LogP contribution in [0.25, 0.3) is 0 Å². The lowest BCUT2D eigenvalue weighted by Crippen LogP contribution is -2.19. The molecule has 98 valence electrons. The number of benzene rings is 1. The first-order valence-electron chi connectivity index (χ1n) is 6.35. The molecule has 0 saturated carbocycles. The number of nitrogens with one attached hydrogen (secondary N) is 1. The molecule has 0 bridgehead atoms. The lowest BCUT2D eigenvalue weighted by atomic mass is 9.92. The summed E-state index contributed by atoms with van der Waals surface area (Å²) < 4.78 is 5.54. The molecule has 4 nitrogen and oxygen atoms in total. The molecule has 0 aliphatic carbocycles. The molecule has 2 rings (SSSR count). The molecular formula is C14H19NO3. The third kappa shape index (κ3) is 2.82. The topological polar surface area (TPSA) is 58.6 Å². The normalized spacial score (nSPS) is 15.6.